The Morgan fingerprint density at radius 1 is 0.857 bits per heavy atom. The molecular formula is C23H19NO4. The number of carbonyl (C=O) groups excluding carboxylic acids is 1. The minimum atomic E-state index is -0.353. The fourth-order valence-corrected chi connectivity index (χ4v) is 3.47. The summed E-state index contributed by atoms with van der Waals surface area (Å²) in [6.07, 6.45) is 0. The lowest BCUT2D eigenvalue weighted by atomic mass is 10.1. The maximum atomic E-state index is 13.6. The van der Waals surface area contributed by atoms with Gasteiger partial charge in [0.05, 0.1) is 25.3 Å². The summed E-state index contributed by atoms with van der Waals surface area (Å²) in [7, 11) is 3.01. The van der Waals surface area contributed by atoms with Crippen molar-refractivity contribution in [1.82, 2.24) is 4.57 Å². The van der Waals surface area contributed by atoms with Crippen LogP contribution in [0.25, 0.3) is 16.6 Å². The molecule has 1 aromatic heterocycles. The average Bonchev–Trinajstić information content (AvgIpc) is 3.05. The Bertz CT molecular complexity index is 1160. The first-order valence-corrected chi connectivity index (χ1v) is 8.81. The number of rotatable bonds is 5. The Morgan fingerprint density at radius 2 is 1.57 bits per heavy atom. The Kier molecular flexibility index (Phi) is 4.49. The molecule has 0 bridgehead atoms. The molecule has 0 atom stereocenters. The van der Waals surface area contributed by atoms with Crippen LogP contribution in [-0.4, -0.2) is 29.7 Å². The molecule has 0 saturated heterocycles. The molecule has 1 heterocycles. The smallest absolute Gasteiger partial charge is 0.217 e. The Balaban J connectivity index is 2.03. The highest BCUT2D eigenvalue weighted by Crippen LogP contribution is 2.39. The number of aromatic nitrogens is 1. The molecule has 4 rings (SSSR count). The van der Waals surface area contributed by atoms with Gasteiger partial charge in [0.15, 0.2) is 17.2 Å². The zero-order valence-electron chi connectivity index (χ0n) is 15.5. The van der Waals surface area contributed by atoms with E-state index in [1.165, 1.54) is 14.2 Å². The highest BCUT2D eigenvalue weighted by Gasteiger charge is 2.27. The number of methoxy groups -OCH3 is 2. The zero-order chi connectivity index (χ0) is 19.7. The van der Waals surface area contributed by atoms with E-state index in [4.69, 9.17) is 9.47 Å². The second-order valence-corrected chi connectivity index (χ2v) is 6.26. The molecule has 0 unspecified atom stereocenters. The molecule has 0 radical (unpaired) electrons. The van der Waals surface area contributed by atoms with E-state index in [0.29, 0.717) is 22.4 Å². The van der Waals surface area contributed by atoms with Crippen molar-refractivity contribution in [1.29, 1.82) is 0 Å². The zero-order valence-corrected chi connectivity index (χ0v) is 15.5. The Morgan fingerprint density at radius 3 is 2.29 bits per heavy atom. The third kappa shape index (κ3) is 2.68. The highest BCUT2D eigenvalue weighted by molar-refractivity contribution is 6.15. The van der Waals surface area contributed by atoms with Crippen LogP contribution in [-0.2, 0) is 0 Å². The molecule has 28 heavy (non-hydrogen) atoms. The molecule has 0 spiro atoms. The van der Waals surface area contributed by atoms with E-state index in [2.05, 4.69) is 0 Å². The molecule has 4 aromatic rings. The van der Waals surface area contributed by atoms with Crippen molar-refractivity contribution in [3.8, 4) is 22.9 Å². The van der Waals surface area contributed by atoms with Gasteiger partial charge in [-0.2, -0.15) is 0 Å². The summed E-state index contributed by atoms with van der Waals surface area (Å²) in [6.45, 7) is 0. The minimum Gasteiger partial charge on any atom is -0.505 e. The molecular weight excluding hydrogens is 354 g/mol. The van der Waals surface area contributed by atoms with Gasteiger partial charge in [0.2, 0.25) is 5.78 Å². The van der Waals surface area contributed by atoms with Crippen LogP contribution in [0, 0.1) is 0 Å². The number of ether oxygens (including phenoxy) is 2. The maximum Gasteiger partial charge on any atom is 0.217 e. The average molecular weight is 373 g/mol. The van der Waals surface area contributed by atoms with Crippen LogP contribution < -0.4 is 9.47 Å². The van der Waals surface area contributed by atoms with E-state index in [0.717, 1.165) is 11.2 Å². The standard InChI is InChI=1S/C23H19NO4/c1-27-19-14-8-12-17(23(19)28-2)22(26)20-21(25)16-11-6-7-13-18(16)24(20)15-9-4-3-5-10-15/h3-14,25H,1-2H3. The van der Waals surface area contributed by atoms with Gasteiger partial charge >= 0.3 is 0 Å². The van der Waals surface area contributed by atoms with Crippen molar-refractivity contribution in [2.24, 2.45) is 0 Å². The summed E-state index contributed by atoms with van der Waals surface area (Å²) in [5.41, 5.74) is 2.02. The predicted octanol–water partition coefficient (Wildman–Crippen LogP) is 4.58. The molecule has 0 saturated carbocycles. The summed E-state index contributed by atoms with van der Waals surface area (Å²) < 4.78 is 12.5. The maximum absolute atomic E-state index is 13.6. The van der Waals surface area contributed by atoms with Gasteiger partial charge in [-0.25, -0.2) is 0 Å². The van der Waals surface area contributed by atoms with Crippen LogP contribution in [0.3, 0.4) is 0 Å². The normalized spacial score (nSPS) is 10.8. The van der Waals surface area contributed by atoms with Crippen LogP contribution in [0.15, 0.2) is 72.8 Å². The van der Waals surface area contributed by atoms with E-state index >= 15 is 0 Å². The second kappa shape index (κ2) is 7.12. The van der Waals surface area contributed by atoms with Gasteiger partial charge in [0.25, 0.3) is 0 Å². The summed E-state index contributed by atoms with van der Waals surface area (Å²) in [6, 6.07) is 22.0. The van der Waals surface area contributed by atoms with Crippen molar-refractivity contribution in [3.63, 3.8) is 0 Å². The number of benzene rings is 3. The molecule has 0 amide bonds. The van der Waals surface area contributed by atoms with Crippen LogP contribution in [0.1, 0.15) is 16.1 Å². The van der Waals surface area contributed by atoms with Gasteiger partial charge in [-0.15, -0.1) is 0 Å². The fourth-order valence-electron chi connectivity index (χ4n) is 3.47. The van der Waals surface area contributed by atoms with Crippen molar-refractivity contribution < 1.29 is 19.4 Å². The molecule has 0 aliphatic carbocycles. The molecule has 3 aromatic carbocycles. The topological polar surface area (TPSA) is 60.7 Å². The third-order valence-electron chi connectivity index (χ3n) is 4.73. The van der Waals surface area contributed by atoms with E-state index in [1.54, 1.807) is 28.8 Å². The number of fused-ring (bicyclic) bond motifs is 1. The SMILES string of the molecule is COc1cccc(C(=O)c2c(O)c3ccccc3n2-c2ccccc2)c1OC. The first kappa shape index (κ1) is 17.7. The number of hydrogen-bond donors (Lipinski definition) is 1. The molecule has 0 fully saturated rings. The van der Waals surface area contributed by atoms with Gasteiger partial charge in [-0.1, -0.05) is 36.4 Å². The number of nitrogens with zero attached hydrogens (tertiary/aromatic N) is 1. The van der Waals surface area contributed by atoms with Crippen molar-refractivity contribution in [3.05, 3.63) is 84.1 Å². The number of hydrogen-bond acceptors (Lipinski definition) is 4. The van der Waals surface area contributed by atoms with Gasteiger partial charge in [0.1, 0.15) is 5.69 Å². The lowest BCUT2D eigenvalue weighted by Gasteiger charge is -2.14. The van der Waals surface area contributed by atoms with Gasteiger partial charge in [-0.05, 0) is 36.4 Å². The number of aromatic hydroxyl groups is 1. The Hall–Kier alpha value is -3.73. The molecule has 140 valence electrons. The quantitative estimate of drug-likeness (QED) is 0.520. The van der Waals surface area contributed by atoms with Crippen LogP contribution >= 0.6 is 0 Å². The van der Waals surface area contributed by atoms with Crippen LogP contribution in [0.4, 0.5) is 0 Å². The van der Waals surface area contributed by atoms with Crippen molar-refractivity contribution >= 4 is 16.7 Å². The highest BCUT2D eigenvalue weighted by atomic mass is 16.5. The molecule has 0 aliphatic rings. The summed E-state index contributed by atoms with van der Waals surface area (Å²) in [5, 5.41) is 11.5. The van der Waals surface area contributed by atoms with E-state index in [9.17, 15) is 9.90 Å². The third-order valence-corrected chi connectivity index (χ3v) is 4.73. The first-order chi connectivity index (χ1) is 13.7. The first-order valence-electron chi connectivity index (χ1n) is 8.81. The Labute approximate surface area is 162 Å². The summed E-state index contributed by atoms with van der Waals surface area (Å²) >= 11 is 0. The molecule has 1 N–H and O–H groups in total. The molecule has 5 nitrogen and oxygen atoms in total. The van der Waals surface area contributed by atoms with Crippen LogP contribution in [0.5, 0.6) is 17.2 Å². The summed E-state index contributed by atoms with van der Waals surface area (Å²) in [5.74, 6) is 0.372. The molecule has 0 aliphatic heterocycles. The van der Waals surface area contributed by atoms with Gasteiger partial charge in [0, 0.05) is 11.1 Å². The fraction of sp³-hybridized carbons (Fsp3) is 0.0870. The van der Waals surface area contributed by atoms with Crippen LogP contribution in [0.2, 0.25) is 0 Å². The van der Waals surface area contributed by atoms with Crippen molar-refractivity contribution in [2.75, 3.05) is 14.2 Å². The monoisotopic (exact) mass is 373 g/mol. The lowest BCUT2D eigenvalue weighted by Crippen LogP contribution is -2.11. The molecule has 5 heteroatoms. The number of carbonyl (C=O) groups is 1. The van der Waals surface area contributed by atoms with Gasteiger partial charge in [-0.3, -0.25) is 4.79 Å². The largest absolute Gasteiger partial charge is 0.505 e. The predicted molar refractivity (Wildman–Crippen MR) is 108 cm³/mol. The van der Waals surface area contributed by atoms with E-state index in [-0.39, 0.29) is 17.2 Å². The van der Waals surface area contributed by atoms with Gasteiger partial charge < -0.3 is 19.1 Å². The second-order valence-electron chi connectivity index (χ2n) is 6.26. The lowest BCUT2D eigenvalue weighted by molar-refractivity contribution is 0.102. The van der Waals surface area contributed by atoms with E-state index in [1.807, 2.05) is 48.5 Å². The van der Waals surface area contributed by atoms with E-state index < -0.39 is 0 Å². The number of ketones is 1. The minimum absolute atomic E-state index is 0.0608. The summed E-state index contributed by atoms with van der Waals surface area (Å²) in [4.78, 5) is 13.6. The van der Waals surface area contributed by atoms with Crippen molar-refractivity contribution in [2.45, 2.75) is 0 Å². The number of para-hydroxylation sites is 3.